The van der Waals surface area contributed by atoms with Crippen LogP contribution in [-0.4, -0.2) is 40.9 Å². The summed E-state index contributed by atoms with van der Waals surface area (Å²) in [5.41, 5.74) is 0.904. The Kier molecular flexibility index (Phi) is 5.75. The molecule has 4 rings (SSSR count). The molecule has 3 N–H and O–H groups in total. The van der Waals surface area contributed by atoms with E-state index in [1.807, 2.05) is 18.2 Å². The summed E-state index contributed by atoms with van der Waals surface area (Å²) in [6.07, 6.45) is 1.45. The minimum atomic E-state index is -3.92. The molecule has 0 spiro atoms. The van der Waals surface area contributed by atoms with E-state index in [0.717, 1.165) is 18.4 Å². The van der Waals surface area contributed by atoms with E-state index in [9.17, 15) is 13.2 Å². The Hall–Kier alpha value is -2.14. The van der Waals surface area contributed by atoms with E-state index in [1.165, 1.54) is 18.2 Å². The van der Waals surface area contributed by atoms with Gasteiger partial charge in [0.25, 0.3) is 5.91 Å². The molecular formula is C20H21BrN2O6S. The van der Waals surface area contributed by atoms with Crippen LogP contribution in [-0.2, 0) is 20.2 Å². The molecule has 1 amide bonds. The van der Waals surface area contributed by atoms with Crippen LogP contribution in [0.2, 0.25) is 0 Å². The molecule has 0 saturated carbocycles. The van der Waals surface area contributed by atoms with Crippen LogP contribution in [0.5, 0.6) is 11.5 Å². The lowest BCUT2D eigenvalue weighted by molar-refractivity contribution is 0.0486. The van der Waals surface area contributed by atoms with Crippen molar-refractivity contribution in [3.63, 3.8) is 0 Å². The van der Waals surface area contributed by atoms with Gasteiger partial charge in [-0.3, -0.25) is 4.79 Å². The number of rotatable bonds is 5. The van der Waals surface area contributed by atoms with Gasteiger partial charge in [0, 0.05) is 29.6 Å². The van der Waals surface area contributed by atoms with E-state index >= 15 is 0 Å². The zero-order valence-electron chi connectivity index (χ0n) is 16.0. The predicted octanol–water partition coefficient (Wildman–Crippen LogP) is 2.30. The molecule has 1 saturated heterocycles. The Morgan fingerprint density at radius 1 is 1.10 bits per heavy atom. The van der Waals surface area contributed by atoms with Crippen LogP contribution < -0.4 is 19.9 Å². The molecule has 0 bridgehead atoms. The number of primary sulfonamides is 1. The zero-order chi connectivity index (χ0) is 21.4. The van der Waals surface area contributed by atoms with Gasteiger partial charge in [-0.05, 0) is 64.7 Å². The van der Waals surface area contributed by atoms with Crippen LogP contribution in [0.4, 0.5) is 0 Å². The van der Waals surface area contributed by atoms with Crippen molar-refractivity contribution in [2.24, 2.45) is 5.14 Å². The van der Waals surface area contributed by atoms with Crippen LogP contribution in [0, 0.1) is 0 Å². The van der Waals surface area contributed by atoms with Crippen molar-refractivity contribution in [2.45, 2.75) is 23.2 Å². The first kappa shape index (κ1) is 21.1. The Morgan fingerprint density at radius 3 is 2.57 bits per heavy atom. The Bertz CT molecular complexity index is 1080. The summed E-state index contributed by atoms with van der Waals surface area (Å²) in [7, 11) is -3.92. The molecule has 1 fully saturated rings. The van der Waals surface area contributed by atoms with Crippen molar-refractivity contribution in [2.75, 3.05) is 26.6 Å². The average molecular weight is 497 g/mol. The van der Waals surface area contributed by atoms with Crippen LogP contribution in [0.3, 0.4) is 0 Å². The second-order valence-electron chi connectivity index (χ2n) is 7.33. The lowest BCUT2D eigenvalue weighted by atomic mass is 9.74. The number of halogens is 1. The number of benzene rings is 2. The molecule has 0 radical (unpaired) electrons. The lowest BCUT2D eigenvalue weighted by Crippen LogP contribution is -2.44. The molecule has 0 aromatic heterocycles. The van der Waals surface area contributed by atoms with Crippen molar-refractivity contribution < 1.29 is 27.4 Å². The molecule has 30 heavy (non-hydrogen) atoms. The van der Waals surface area contributed by atoms with Gasteiger partial charge in [0.2, 0.25) is 16.8 Å². The van der Waals surface area contributed by atoms with E-state index in [-0.39, 0.29) is 28.6 Å². The molecule has 10 heteroatoms. The number of fused-ring (bicyclic) bond motifs is 1. The van der Waals surface area contributed by atoms with Crippen LogP contribution >= 0.6 is 15.9 Å². The normalized spacial score (nSPS) is 17.5. The minimum Gasteiger partial charge on any atom is -0.454 e. The van der Waals surface area contributed by atoms with Crippen LogP contribution in [0.15, 0.2) is 45.8 Å². The number of hydrogen-bond acceptors (Lipinski definition) is 6. The molecular weight excluding hydrogens is 476 g/mol. The fourth-order valence-electron chi connectivity index (χ4n) is 3.76. The molecule has 2 aliphatic heterocycles. The lowest BCUT2D eigenvalue weighted by Gasteiger charge is -2.38. The fourth-order valence-corrected chi connectivity index (χ4v) is 4.72. The maximum Gasteiger partial charge on any atom is 0.252 e. The monoisotopic (exact) mass is 496 g/mol. The molecule has 8 nitrogen and oxygen atoms in total. The highest BCUT2D eigenvalue weighted by molar-refractivity contribution is 9.10. The zero-order valence-corrected chi connectivity index (χ0v) is 18.4. The largest absolute Gasteiger partial charge is 0.454 e. The van der Waals surface area contributed by atoms with Gasteiger partial charge in [-0.2, -0.15) is 0 Å². The summed E-state index contributed by atoms with van der Waals surface area (Å²) < 4.78 is 40.2. The molecule has 160 valence electrons. The van der Waals surface area contributed by atoms with E-state index in [4.69, 9.17) is 19.3 Å². The molecule has 0 aliphatic carbocycles. The minimum absolute atomic E-state index is 0.118. The third-order valence-electron chi connectivity index (χ3n) is 5.53. The molecule has 2 aromatic carbocycles. The third kappa shape index (κ3) is 4.18. The number of ether oxygens (including phenoxy) is 3. The molecule has 2 heterocycles. The third-order valence-corrected chi connectivity index (χ3v) is 7.14. The molecule has 0 atom stereocenters. The van der Waals surface area contributed by atoms with E-state index in [1.54, 1.807) is 0 Å². The Morgan fingerprint density at radius 2 is 1.83 bits per heavy atom. The average Bonchev–Trinajstić information content (AvgIpc) is 3.20. The first-order valence-electron chi connectivity index (χ1n) is 9.37. The van der Waals surface area contributed by atoms with Gasteiger partial charge in [-0.1, -0.05) is 6.07 Å². The van der Waals surface area contributed by atoms with Crippen molar-refractivity contribution in [3.05, 3.63) is 52.0 Å². The van der Waals surface area contributed by atoms with Crippen molar-refractivity contribution in [1.82, 2.24) is 5.32 Å². The van der Waals surface area contributed by atoms with Crippen molar-refractivity contribution in [1.29, 1.82) is 0 Å². The highest BCUT2D eigenvalue weighted by Gasteiger charge is 2.36. The number of nitrogens with one attached hydrogen (secondary N) is 1. The number of nitrogens with two attached hydrogens (primary N) is 1. The number of amides is 1. The Labute approximate surface area is 182 Å². The fraction of sp³-hybridized carbons (Fsp3) is 0.350. The number of sulfonamides is 1. The van der Waals surface area contributed by atoms with Gasteiger partial charge in [0.1, 0.15) is 0 Å². The standard InChI is InChI=1S/C20H21BrN2O6S/c21-16-3-2-14(30(22,25)26)10-15(16)19(24)23-11-20(5-7-27-8-6-20)13-1-4-17-18(9-13)29-12-28-17/h1-4,9-10H,5-8,11-12H2,(H,23,24)(H2,22,25,26). The van der Waals surface area contributed by atoms with Gasteiger partial charge in [-0.15, -0.1) is 0 Å². The van der Waals surface area contributed by atoms with Crippen LogP contribution in [0.1, 0.15) is 28.8 Å². The van der Waals surface area contributed by atoms with E-state index in [2.05, 4.69) is 21.2 Å². The number of carbonyl (C=O) groups is 1. The van der Waals surface area contributed by atoms with Crippen LogP contribution in [0.25, 0.3) is 0 Å². The predicted molar refractivity (Wildman–Crippen MR) is 112 cm³/mol. The maximum atomic E-state index is 12.9. The quantitative estimate of drug-likeness (QED) is 0.655. The van der Waals surface area contributed by atoms with Crippen molar-refractivity contribution >= 4 is 31.9 Å². The SMILES string of the molecule is NS(=O)(=O)c1ccc(Br)c(C(=O)NCC2(c3ccc4c(c3)OCO4)CCOCC2)c1. The van der Waals surface area contributed by atoms with E-state index < -0.39 is 10.0 Å². The highest BCUT2D eigenvalue weighted by atomic mass is 79.9. The number of hydrogen-bond donors (Lipinski definition) is 2. The van der Waals surface area contributed by atoms with Gasteiger partial charge in [0.15, 0.2) is 11.5 Å². The first-order valence-corrected chi connectivity index (χ1v) is 11.7. The van der Waals surface area contributed by atoms with Gasteiger partial charge >= 0.3 is 0 Å². The summed E-state index contributed by atoms with van der Waals surface area (Å²) in [4.78, 5) is 12.8. The summed E-state index contributed by atoms with van der Waals surface area (Å²) >= 11 is 3.31. The van der Waals surface area contributed by atoms with Gasteiger partial charge in [0.05, 0.1) is 10.5 Å². The topological polar surface area (TPSA) is 117 Å². The van der Waals surface area contributed by atoms with Crippen molar-refractivity contribution in [3.8, 4) is 11.5 Å². The van der Waals surface area contributed by atoms with E-state index in [0.29, 0.717) is 35.7 Å². The smallest absolute Gasteiger partial charge is 0.252 e. The summed E-state index contributed by atoms with van der Waals surface area (Å²) in [6, 6.07) is 9.94. The second kappa shape index (κ2) is 8.18. The highest BCUT2D eigenvalue weighted by Crippen LogP contribution is 2.40. The van der Waals surface area contributed by atoms with Gasteiger partial charge in [-0.25, -0.2) is 13.6 Å². The summed E-state index contributed by atoms with van der Waals surface area (Å²) in [6.45, 7) is 1.71. The molecule has 0 unspecified atom stereocenters. The molecule has 2 aromatic rings. The summed E-state index contributed by atoms with van der Waals surface area (Å²) in [5.74, 6) is 1.00. The Balaban J connectivity index is 1.59. The van der Waals surface area contributed by atoms with Gasteiger partial charge < -0.3 is 19.5 Å². The molecule has 2 aliphatic rings. The second-order valence-corrected chi connectivity index (χ2v) is 9.75. The first-order chi connectivity index (χ1) is 14.3. The maximum absolute atomic E-state index is 12.9. The summed E-state index contributed by atoms with van der Waals surface area (Å²) in [5, 5.41) is 8.16. The number of carbonyl (C=O) groups excluding carboxylic acids is 1.